The summed E-state index contributed by atoms with van der Waals surface area (Å²) in [6.45, 7) is 7.96. The van der Waals surface area contributed by atoms with Crippen molar-refractivity contribution in [1.29, 1.82) is 0 Å². The van der Waals surface area contributed by atoms with Crippen molar-refractivity contribution in [2.24, 2.45) is 0 Å². The third kappa shape index (κ3) is 4.50. The molecule has 2 rings (SSSR count). The Morgan fingerprint density at radius 3 is 2.24 bits per heavy atom. The third-order valence-corrected chi connectivity index (χ3v) is 3.82. The molecule has 2 aromatic carbocycles. The first-order chi connectivity index (χ1) is 10.1. The highest BCUT2D eigenvalue weighted by Gasteiger charge is 2.04. The Morgan fingerprint density at radius 2 is 1.67 bits per heavy atom. The van der Waals surface area contributed by atoms with Gasteiger partial charge in [0, 0.05) is 16.7 Å². The summed E-state index contributed by atoms with van der Waals surface area (Å²) in [6, 6.07) is 12.6. The lowest BCUT2D eigenvalue weighted by Gasteiger charge is -2.14. The van der Waals surface area contributed by atoms with Crippen LogP contribution in [0, 0.1) is 13.8 Å². The molecule has 0 heterocycles. The number of halogens is 1. The van der Waals surface area contributed by atoms with Gasteiger partial charge in [-0.15, -0.1) is 0 Å². The van der Waals surface area contributed by atoms with E-state index in [1.54, 1.807) is 0 Å². The van der Waals surface area contributed by atoms with Crippen LogP contribution in [0.3, 0.4) is 0 Å². The van der Waals surface area contributed by atoms with E-state index in [1.165, 1.54) is 22.4 Å². The van der Waals surface area contributed by atoms with Gasteiger partial charge in [0.1, 0.15) is 5.75 Å². The highest BCUT2D eigenvalue weighted by molar-refractivity contribution is 9.10. The molecule has 2 aromatic rings. The first-order valence-electron chi connectivity index (χ1n) is 7.32. The Labute approximate surface area is 135 Å². The zero-order valence-electron chi connectivity index (χ0n) is 12.9. The second-order valence-electron chi connectivity index (χ2n) is 5.26. The molecule has 0 unspecified atom stereocenters. The maximum atomic E-state index is 5.60. The van der Waals surface area contributed by atoms with Crippen LogP contribution in [0.25, 0.3) is 0 Å². The number of hydrogen-bond donors (Lipinski definition) is 1. The SMILES string of the molecule is CCCOc1ccc(CNc2c(C)cc(Br)cc2C)cc1. The second-order valence-corrected chi connectivity index (χ2v) is 6.18. The van der Waals surface area contributed by atoms with Crippen LogP contribution in [-0.2, 0) is 6.54 Å². The van der Waals surface area contributed by atoms with Gasteiger partial charge in [-0.3, -0.25) is 0 Å². The molecule has 0 aliphatic rings. The average Bonchev–Trinajstić information content (AvgIpc) is 2.45. The second kappa shape index (κ2) is 7.51. The summed E-state index contributed by atoms with van der Waals surface area (Å²) in [7, 11) is 0. The Hall–Kier alpha value is -1.48. The van der Waals surface area contributed by atoms with Crippen LogP contribution in [0.2, 0.25) is 0 Å². The van der Waals surface area contributed by atoms with Gasteiger partial charge < -0.3 is 10.1 Å². The molecule has 3 heteroatoms. The summed E-state index contributed by atoms with van der Waals surface area (Å²) in [5, 5.41) is 3.53. The van der Waals surface area contributed by atoms with Gasteiger partial charge in [0.2, 0.25) is 0 Å². The van der Waals surface area contributed by atoms with Gasteiger partial charge in [-0.25, -0.2) is 0 Å². The van der Waals surface area contributed by atoms with Crippen LogP contribution in [0.15, 0.2) is 40.9 Å². The molecule has 0 aliphatic heterocycles. The first-order valence-corrected chi connectivity index (χ1v) is 8.12. The molecule has 0 bridgehead atoms. The molecule has 0 radical (unpaired) electrons. The lowest BCUT2D eigenvalue weighted by molar-refractivity contribution is 0.317. The molecule has 2 nitrogen and oxygen atoms in total. The maximum Gasteiger partial charge on any atom is 0.119 e. The predicted molar refractivity (Wildman–Crippen MR) is 93.2 cm³/mol. The number of aryl methyl sites for hydroxylation is 2. The molecule has 21 heavy (non-hydrogen) atoms. The normalized spacial score (nSPS) is 10.5. The van der Waals surface area contributed by atoms with Gasteiger partial charge in [0.05, 0.1) is 6.61 Å². The summed E-state index contributed by atoms with van der Waals surface area (Å²) in [4.78, 5) is 0. The Kier molecular flexibility index (Phi) is 5.68. The lowest BCUT2D eigenvalue weighted by atomic mass is 10.1. The quantitative estimate of drug-likeness (QED) is 0.748. The van der Waals surface area contributed by atoms with Gasteiger partial charge in [-0.05, 0) is 61.2 Å². The smallest absolute Gasteiger partial charge is 0.119 e. The van der Waals surface area contributed by atoms with Crippen LogP contribution in [0.4, 0.5) is 5.69 Å². The van der Waals surface area contributed by atoms with Crippen molar-refractivity contribution in [3.05, 3.63) is 57.6 Å². The number of ether oxygens (including phenoxy) is 1. The molecule has 112 valence electrons. The minimum atomic E-state index is 0.773. The lowest BCUT2D eigenvalue weighted by Crippen LogP contribution is -2.03. The largest absolute Gasteiger partial charge is 0.494 e. The third-order valence-electron chi connectivity index (χ3n) is 3.36. The van der Waals surface area contributed by atoms with Crippen LogP contribution in [0.1, 0.15) is 30.0 Å². The fourth-order valence-electron chi connectivity index (χ4n) is 2.30. The van der Waals surface area contributed by atoms with Crippen LogP contribution < -0.4 is 10.1 Å². The van der Waals surface area contributed by atoms with Crippen LogP contribution >= 0.6 is 15.9 Å². The number of hydrogen-bond acceptors (Lipinski definition) is 2. The van der Waals surface area contributed by atoms with Crippen molar-refractivity contribution in [2.45, 2.75) is 33.7 Å². The standard InChI is InChI=1S/C18H22BrNO/c1-4-9-21-17-7-5-15(6-8-17)12-20-18-13(2)10-16(19)11-14(18)3/h5-8,10-11,20H,4,9,12H2,1-3H3. The van der Waals surface area contributed by atoms with Gasteiger partial charge in [-0.2, -0.15) is 0 Å². The molecule has 0 atom stereocenters. The molecule has 0 fully saturated rings. The fourth-order valence-corrected chi connectivity index (χ4v) is 2.99. The first kappa shape index (κ1) is 15.9. The summed E-state index contributed by atoms with van der Waals surface area (Å²) < 4.78 is 6.72. The van der Waals surface area contributed by atoms with E-state index in [1.807, 2.05) is 12.1 Å². The number of nitrogens with one attached hydrogen (secondary N) is 1. The van der Waals surface area contributed by atoms with E-state index in [4.69, 9.17) is 4.74 Å². The summed E-state index contributed by atoms with van der Waals surface area (Å²) in [5.74, 6) is 0.941. The van der Waals surface area contributed by atoms with Crippen molar-refractivity contribution in [1.82, 2.24) is 0 Å². The summed E-state index contributed by atoms with van der Waals surface area (Å²) >= 11 is 3.53. The zero-order valence-corrected chi connectivity index (χ0v) is 14.5. The molecule has 1 N–H and O–H groups in total. The Balaban J connectivity index is 2.00. The van der Waals surface area contributed by atoms with Crippen molar-refractivity contribution in [2.75, 3.05) is 11.9 Å². The van der Waals surface area contributed by atoms with E-state index < -0.39 is 0 Å². The fraction of sp³-hybridized carbons (Fsp3) is 0.333. The van der Waals surface area contributed by atoms with Crippen molar-refractivity contribution in [3.8, 4) is 5.75 Å². The Morgan fingerprint density at radius 1 is 1.05 bits per heavy atom. The summed E-state index contributed by atoms with van der Waals surface area (Å²) in [6.07, 6.45) is 1.03. The van der Waals surface area contributed by atoms with Crippen molar-refractivity contribution in [3.63, 3.8) is 0 Å². The highest BCUT2D eigenvalue weighted by Crippen LogP contribution is 2.25. The number of anilines is 1. The minimum Gasteiger partial charge on any atom is -0.494 e. The van der Waals surface area contributed by atoms with E-state index in [0.29, 0.717) is 0 Å². The maximum absolute atomic E-state index is 5.60. The molecule has 0 aromatic heterocycles. The number of benzene rings is 2. The Bertz CT molecular complexity index is 570. The topological polar surface area (TPSA) is 21.3 Å². The molecule has 0 saturated carbocycles. The molecule has 0 aliphatic carbocycles. The van der Waals surface area contributed by atoms with Gasteiger partial charge in [-0.1, -0.05) is 35.0 Å². The van der Waals surface area contributed by atoms with Gasteiger partial charge in [0.15, 0.2) is 0 Å². The summed E-state index contributed by atoms with van der Waals surface area (Å²) in [5.41, 5.74) is 4.97. The van der Waals surface area contributed by atoms with Crippen molar-refractivity contribution < 1.29 is 4.74 Å². The zero-order chi connectivity index (χ0) is 15.2. The monoisotopic (exact) mass is 347 g/mol. The molecular formula is C18H22BrNO. The van der Waals surface area contributed by atoms with E-state index >= 15 is 0 Å². The average molecular weight is 348 g/mol. The van der Waals surface area contributed by atoms with Gasteiger partial charge in [0.25, 0.3) is 0 Å². The number of rotatable bonds is 6. The molecule has 0 saturated heterocycles. The van der Waals surface area contributed by atoms with E-state index in [-0.39, 0.29) is 0 Å². The van der Waals surface area contributed by atoms with E-state index in [2.05, 4.69) is 66.3 Å². The molecule has 0 amide bonds. The van der Waals surface area contributed by atoms with Crippen molar-refractivity contribution >= 4 is 21.6 Å². The van der Waals surface area contributed by atoms with Crippen LogP contribution in [-0.4, -0.2) is 6.61 Å². The molecule has 0 spiro atoms. The minimum absolute atomic E-state index is 0.773. The molecular weight excluding hydrogens is 326 g/mol. The van der Waals surface area contributed by atoms with E-state index in [0.717, 1.165) is 29.8 Å². The van der Waals surface area contributed by atoms with Gasteiger partial charge >= 0.3 is 0 Å². The van der Waals surface area contributed by atoms with E-state index in [9.17, 15) is 0 Å². The van der Waals surface area contributed by atoms with Crippen LogP contribution in [0.5, 0.6) is 5.75 Å². The predicted octanol–water partition coefficient (Wildman–Crippen LogP) is 5.47. The highest BCUT2D eigenvalue weighted by atomic mass is 79.9.